The summed E-state index contributed by atoms with van der Waals surface area (Å²) in [6.45, 7) is 2.75. The lowest BCUT2D eigenvalue weighted by Gasteiger charge is -2.23. The van der Waals surface area contributed by atoms with Gasteiger partial charge >= 0.3 is 5.97 Å². The Balaban J connectivity index is 2.22. The van der Waals surface area contributed by atoms with E-state index in [2.05, 4.69) is 5.32 Å². The molecule has 0 saturated carbocycles. The van der Waals surface area contributed by atoms with Crippen LogP contribution in [0.5, 0.6) is 0 Å². The van der Waals surface area contributed by atoms with Crippen LogP contribution in [-0.2, 0) is 16.1 Å². The van der Waals surface area contributed by atoms with Crippen LogP contribution in [0.25, 0.3) is 0 Å². The Hall–Kier alpha value is -1.53. The number of amides is 1. The summed E-state index contributed by atoms with van der Waals surface area (Å²) in [7, 11) is 0. The predicted octanol–water partition coefficient (Wildman–Crippen LogP) is 1.13. The minimum atomic E-state index is -1.34. The number of carboxylic acid groups (broad SMARTS) is 1. The second-order valence-electron chi connectivity index (χ2n) is 4.47. The molecule has 1 unspecified atom stereocenters. The average Bonchev–Trinajstić information content (AvgIpc) is 2.96. The molecule has 6 nitrogen and oxygen atoms in total. The lowest BCUT2D eigenvalue weighted by Crippen LogP contribution is -2.55. The van der Waals surface area contributed by atoms with Gasteiger partial charge in [-0.25, -0.2) is 4.79 Å². The third kappa shape index (κ3) is 2.59. The van der Waals surface area contributed by atoms with E-state index in [0.29, 0.717) is 23.9 Å². The molecule has 1 amide bonds. The van der Waals surface area contributed by atoms with Crippen molar-refractivity contribution in [2.45, 2.75) is 25.4 Å². The molecule has 104 valence electrons. The summed E-state index contributed by atoms with van der Waals surface area (Å²) in [5.74, 6) is -1.54. The van der Waals surface area contributed by atoms with Crippen molar-refractivity contribution in [2.24, 2.45) is 0 Å². The highest BCUT2D eigenvalue weighted by atomic mass is 35.5. The molecule has 1 aliphatic rings. The number of halogens is 1. The third-order valence-corrected chi connectivity index (χ3v) is 3.43. The molecule has 2 N–H and O–H groups in total. The van der Waals surface area contributed by atoms with Gasteiger partial charge in [-0.05, 0) is 13.0 Å². The SMILES string of the molecule is CCn1cc(Cl)cc1C(=O)NC1(C(=O)O)CCOC1. The van der Waals surface area contributed by atoms with Gasteiger partial charge in [0.15, 0.2) is 5.54 Å². The minimum Gasteiger partial charge on any atom is -0.479 e. The van der Waals surface area contributed by atoms with Crippen LogP contribution in [0.1, 0.15) is 23.8 Å². The van der Waals surface area contributed by atoms with E-state index in [4.69, 9.17) is 16.3 Å². The van der Waals surface area contributed by atoms with Crippen molar-refractivity contribution in [3.63, 3.8) is 0 Å². The summed E-state index contributed by atoms with van der Waals surface area (Å²) >= 11 is 5.86. The largest absolute Gasteiger partial charge is 0.479 e. The van der Waals surface area contributed by atoms with E-state index in [0.717, 1.165) is 0 Å². The first-order valence-electron chi connectivity index (χ1n) is 5.98. The molecule has 0 aromatic carbocycles. The predicted molar refractivity (Wildman–Crippen MR) is 68.4 cm³/mol. The number of aromatic nitrogens is 1. The molecule has 19 heavy (non-hydrogen) atoms. The molecule has 0 bridgehead atoms. The molecule has 1 saturated heterocycles. The van der Waals surface area contributed by atoms with E-state index in [1.54, 1.807) is 10.8 Å². The highest BCUT2D eigenvalue weighted by Gasteiger charge is 2.44. The normalized spacial score (nSPS) is 22.4. The summed E-state index contributed by atoms with van der Waals surface area (Å²) in [5, 5.41) is 12.3. The molecular formula is C12H15ClN2O4. The third-order valence-electron chi connectivity index (χ3n) is 3.22. The number of carbonyl (C=O) groups is 2. The number of hydrogen-bond donors (Lipinski definition) is 2. The van der Waals surface area contributed by atoms with Crippen molar-refractivity contribution in [2.75, 3.05) is 13.2 Å². The summed E-state index contributed by atoms with van der Waals surface area (Å²) in [5.41, 5.74) is -0.994. The summed E-state index contributed by atoms with van der Waals surface area (Å²) in [6, 6.07) is 1.52. The maximum atomic E-state index is 12.2. The molecule has 0 spiro atoms. The highest BCUT2D eigenvalue weighted by molar-refractivity contribution is 6.31. The van der Waals surface area contributed by atoms with Crippen molar-refractivity contribution < 1.29 is 19.4 Å². The Labute approximate surface area is 115 Å². The van der Waals surface area contributed by atoms with Crippen LogP contribution in [0.15, 0.2) is 12.3 Å². The monoisotopic (exact) mass is 286 g/mol. The Bertz CT molecular complexity index is 506. The van der Waals surface area contributed by atoms with E-state index in [1.807, 2.05) is 6.92 Å². The lowest BCUT2D eigenvalue weighted by atomic mass is 9.99. The zero-order valence-corrected chi connectivity index (χ0v) is 11.2. The summed E-state index contributed by atoms with van der Waals surface area (Å²) < 4.78 is 6.76. The van der Waals surface area contributed by atoms with Crippen molar-refractivity contribution in [3.8, 4) is 0 Å². The maximum Gasteiger partial charge on any atom is 0.331 e. The Morgan fingerprint density at radius 1 is 1.63 bits per heavy atom. The van der Waals surface area contributed by atoms with Crippen LogP contribution in [-0.4, -0.2) is 40.3 Å². The first kappa shape index (κ1) is 13.9. The van der Waals surface area contributed by atoms with E-state index in [-0.39, 0.29) is 13.0 Å². The molecule has 1 fully saturated rings. The topological polar surface area (TPSA) is 80.6 Å². The van der Waals surface area contributed by atoms with E-state index < -0.39 is 17.4 Å². The number of carboxylic acids is 1. The lowest BCUT2D eigenvalue weighted by molar-refractivity contribution is -0.144. The Morgan fingerprint density at radius 3 is 2.89 bits per heavy atom. The molecule has 0 radical (unpaired) electrons. The second kappa shape index (κ2) is 5.22. The number of ether oxygens (including phenoxy) is 1. The van der Waals surface area contributed by atoms with E-state index in [1.165, 1.54) is 6.07 Å². The first-order valence-corrected chi connectivity index (χ1v) is 6.35. The van der Waals surface area contributed by atoms with Crippen LogP contribution >= 0.6 is 11.6 Å². The quantitative estimate of drug-likeness (QED) is 0.870. The van der Waals surface area contributed by atoms with Gasteiger partial charge in [0.25, 0.3) is 5.91 Å². The molecule has 0 aliphatic carbocycles. The smallest absolute Gasteiger partial charge is 0.331 e. The summed E-state index contributed by atoms with van der Waals surface area (Å²) in [6.07, 6.45) is 1.89. The maximum absolute atomic E-state index is 12.2. The molecule has 2 heterocycles. The molecular weight excluding hydrogens is 272 g/mol. The zero-order valence-electron chi connectivity index (χ0n) is 10.5. The van der Waals surface area contributed by atoms with E-state index >= 15 is 0 Å². The van der Waals surface area contributed by atoms with Crippen molar-refractivity contribution in [1.29, 1.82) is 0 Å². The molecule has 2 rings (SSSR count). The van der Waals surface area contributed by atoms with Crippen LogP contribution in [0.4, 0.5) is 0 Å². The minimum absolute atomic E-state index is 0.0192. The van der Waals surface area contributed by atoms with Crippen molar-refractivity contribution in [1.82, 2.24) is 9.88 Å². The van der Waals surface area contributed by atoms with Gasteiger partial charge in [0.2, 0.25) is 0 Å². The number of nitrogens with zero attached hydrogens (tertiary/aromatic N) is 1. The number of hydrogen-bond acceptors (Lipinski definition) is 3. The Morgan fingerprint density at radius 2 is 2.37 bits per heavy atom. The first-order chi connectivity index (χ1) is 8.98. The van der Waals surface area contributed by atoms with Crippen LogP contribution in [0, 0.1) is 0 Å². The standard InChI is InChI=1S/C12H15ClN2O4/c1-2-15-6-8(13)5-9(15)10(16)14-12(11(17)18)3-4-19-7-12/h5-6H,2-4,7H2,1H3,(H,14,16)(H,17,18). The van der Waals surface area contributed by atoms with E-state index in [9.17, 15) is 14.7 Å². The second-order valence-corrected chi connectivity index (χ2v) is 4.91. The van der Waals surface area contributed by atoms with Gasteiger partial charge in [-0.15, -0.1) is 0 Å². The highest BCUT2D eigenvalue weighted by Crippen LogP contribution is 2.21. The summed E-state index contributed by atoms with van der Waals surface area (Å²) in [4.78, 5) is 23.5. The van der Waals surface area contributed by atoms with Gasteiger partial charge in [-0.2, -0.15) is 0 Å². The van der Waals surface area contributed by atoms with Gasteiger partial charge < -0.3 is 19.7 Å². The number of carbonyl (C=O) groups excluding carboxylic acids is 1. The molecule has 1 aromatic rings. The van der Waals surface area contributed by atoms with Gasteiger partial charge in [0.05, 0.1) is 11.6 Å². The molecule has 1 aliphatic heterocycles. The zero-order chi connectivity index (χ0) is 14.0. The van der Waals surface area contributed by atoms with Crippen LogP contribution < -0.4 is 5.32 Å². The Kier molecular flexibility index (Phi) is 3.82. The fourth-order valence-corrected chi connectivity index (χ4v) is 2.32. The van der Waals surface area contributed by atoms with Gasteiger partial charge in [0, 0.05) is 25.8 Å². The molecule has 7 heteroatoms. The fraction of sp³-hybridized carbons (Fsp3) is 0.500. The van der Waals surface area contributed by atoms with Gasteiger partial charge in [-0.1, -0.05) is 11.6 Å². The van der Waals surface area contributed by atoms with Crippen molar-refractivity contribution in [3.05, 3.63) is 23.0 Å². The molecule has 1 aromatic heterocycles. The van der Waals surface area contributed by atoms with Gasteiger partial charge in [0.1, 0.15) is 5.69 Å². The number of aryl methyl sites for hydroxylation is 1. The average molecular weight is 287 g/mol. The number of aliphatic carboxylic acids is 1. The number of nitrogens with one attached hydrogen (secondary N) is 1. The fourth-order valence-electron chi connectivity index (χ4n) is 2.09. The van der Waals surface area contributed by atoms with Crippen molar-refractivity contribution >= 4 is 23.5 Å². The van der Waals surface area contributed by atoms with Crippen LogP contribution in [0.2, 0.25) is 5.02 Å². The van der Waals surface area contributed by atoms with Gasteiger partial charge in [-0.3, -0.25) is 4.79 Å². The number of rotatable bonds is 4. The molecule has 1 atom stereocenters. The van der Waals surface area contributed by atoms with Crippen LogP contribution in [0.3, 0.4) is 0 Å².